The van der Waals surface area contributed by atoms with Gasteiger partial charge < -0.3 is 14.7 Å². The highest BCUT2D eigenvalue weighted by atomic mass is 79.9. The van der Waals surface area contributed by atoms with E-state index in [4.69, 9.17) is 16.3 Å². The van der Waals surface area contributed by atoms with Crippen molar-refractivity contribution in [2.75, 3.05) is 6.54 Å². The lowest BCUT2D eigenvalue weighted by atomic mass is 9.71. The highest BCUT2D eigenvalue weighted by Gasteiger charge is 2.43. The predicted molar refractivity (Wildman–Crippen MR) is 139 cm³/mol. The van der Waals surface area contributed by atoms with Crippen LogP contribution in [0.3, 0.4) is 0 Å². The summed E-state index contributed by atoms with van der Waals surface area (Å²) in [5.41, 5.74) is 4.29. The summed E-state index contributed by atoms with van der Waals surface area (Å²) in [5, 5.41) is 9.98. The Bertz CT molecular complexity index is 1270. The summed E-state index contributed by atoms with van der Waals surface area (Å²) in [4.78, 5) is 39.9. The van der Waals surface area contributed by atoms with Crippen molar-refractivity contribution < 1.29 is 24.2 Å². The Hall–Kier alpha value is -2.90. The van der Waals surface area contributed by atoms with Gasteiger partial charge in [-0.1, -0.05) is 45.7 Å². The third-order valence-electron chi connectivity index (χ3n) is 6.98. The van der Waals surface area contributed by atoms with Crippen molar-refractivity contribution in [3.05, 3.63) is 85.6 Å². The average Bonchev–Trinajstić information content (AvgIpc) is 2.85. The molecule has 0 radical (unpaired) electrons. The van der Waals surface area contributed by atoms with Crippen molar-refractivity contribution >= 4 is 45.1 Å². The number of aliphatic carboxylic acids is 1. The molecule has 6 nitrogen and oxygen atoms in total. The molecule has 2 aliphatic carbocycles. The number of benzene rings is 2. The first kappa shape index (κ1) is 24.8. The fourth-order valence-corrected chi connectivity index (χ4v) is 5.94. The number of halogens is 2. The molecule has 0 aromatic heterocycles. The number of rotatable bonds is 6. The van der Waals surface area contributed by atoms with Gasteiger partial charge in [0.15, 0.2) is 11.6 Å². The number of ketones is 2. The molecule has 1 heterocycles. The summed E-state index contributed by atoms with van der Waals surface area (Å²) >= 11 is 10.1. The number of hydrogen-bond donors (Lipinski definition) is 1. The number of nitrogens with zero attached hydrogens (tertiary/aromatic N) is 1. The van der Waals surface area contributed by atoms with Gasteiger partial charge in [0.1, 0.15) is 18.9 Å². The predicted octanol–water partition coefficient (Wildman–Crippen LogP) is 6.18. The molecule has 0 atom stereocenters. The van der Waals surface area contributed by atoms with Crippen LogP contribution in [0.25, 0.3) is 0 Å². The molecule has 8 heteroatoms. The van der Waals surface area contributed by atoms with Crippen LogP contribution in [0, 0.1) is 0 Å². The van der Waals surface area contributed by atoms with Crippen molar-refractivity contribution in [3.63, 3.8) is 0 Å². The zero-order chi connectivity index (χ0) is 25.4. The molecule has 186 valence electrons. The molecule has 2 aromatic rings. The number of carboxylic acid groups (broad SMARTS) is 1. The third-order valence-corrected chi connectivity index (χ3v) is 7.80. The Balaban J connectivity index is 1.53. The van der Waals surface area contributed by atoms with E-state index in [9.17, 15) is 19.5 Å². The Labute approximate surface area is 222 Å². The summed E-state index contributed by atoms with van der Waals surface area (Å²) in [6.45, 7) is 0.0933. The van der Waals surface area contributed by atoms with Gasteiger partial charge in [0.25, 0.3) is 0 Å². The molecule has 5 rings (SSSR count). The zero-order valence-corrected chi connectivity index (χ0v) is 21.9. The molecular weight excluding hydrogens is 546 g/mol. The first-order valence-electron chi connectivity index (χ1n) is 12.0. The van der Waals surface area contributed by atoms with E-state index in [0.29, 0.717) is 67.1 Å². The minimum absolute atomic E-state index is 0.0340. The monoisotopic (exact) mass is 569 g/mol. The van der Waals surface area contributed by atoms with E-state index in [1.54, 1.807) is 17.0 Å². The topological polar surface area (TPSA) is 83.9 Å². The van der Waals surface area contributed by atoms with Crippen LogP contribution in [0.5, 0.6) is 5.75 Å². The maximum atomic E-state index is 13.2. The summed E-state index contributed by atoms with van der Waals surface area (Å²) in [7, 11) is 0. The minimum Gasteiger partial charge on any atom is -0.487 e. The normalized spacial score (nSPS) is 18.3. The van der Waals surface area contributed by atoms with E-state index < -0.39 is 11.9 Å². The van der Waals surface area contributed by atoms with Crippen molar-refractivity contribution in [1.82, 2.24) is 4.90 Å². The van der Waals surface area contributed by atoms with E-state index in [0.717, 1.165) is 27.0 Å². The lowest BCUT2D eigenvalue weighted by Crippen LogP contribution is -2.41. The van der Waals surface area contributed by atoms with Crippen LogP contribution in [0.2, 0.25) is 5.02 Å². The number of hydrogen-bond acceptors (Lipinski definition) is 5. The van der Waals surface area contributed by atoms with Crippen LogP contribution < -0.4 is 4.74 Å². The second kappa shape index (κ2) is 10.2. The van der Waals surface area contributed by atoms with Crippen molar-refractivity contribution in [2.24, 2.45) is 0 Å². The van der Waals surface area contributed by atoms with Gasteiger partial charge in [-0.3, -0.25) is 14.4 Å². The second-order valence-electron chi connectivity index (χ2n) is 9.29. The van der Waals surface area contributed by atoms with E-state index >= 15 is 0 Å². The Morgan fingerprint density at radius 1 is 0.972 bits per heavy atom. The van der Waals surface area contributed by atoms with Crippen LogP contribution >= 0.6 is 27.5 Å². The van der Waals surface area contributed by atoms with Gasteiger partial charge in [0.05, 0.1) is 5.02 Å². The quantitative estimate of drug-likeness (QED) is 0.447. The van der Waals surface area contributed by atoms with Crippen LogP contribution in [-0.4, -0.2) is 34.1 Å². The molecule has 0 unspecified atom stereocenters. The molecule has 1 aliphatic heterocycles. The molecule has 0 fully saturated rings. The van der Waals surface area contributed by atoms with Crippen molar-refractivity contribution in [1.29, 1.82) is 0 Å². The van der Waals surface area contributed by atoms with E-state index in [1.165, 1.54) is 0 Å². The van der Waals surface area contributed by atoms with Gasteiger partial charge in [-0.2, -0.15) is 0 Å². The number of carbonyl (C=O) groups is 3. The summed E-state index contributed by atoms with van der Waals surface area (Å²) in [5.74, 6) is -1.08. The summed E-state index contributed by atoms with van der Waals surface area (Å²) in [6.07, 6.45) is 3.32. The number of allylic oxidation sites excluding steroid dienone is 4. The molecule has 0 saturated heterocycles. The molecule has 2 aromatic carbocycles. The van der Waals surface area contributed by atoms with Gasteiger partial charge in [-0.25, -0.2) is 0 Å². The lowest BCUT2D eigenvalue weighted by molar-refractivity contribution is -0.138. The van der Waals surface area contributed by atoms with Gasteiger partial charge in [0.2, 0.25) is 0 Å². The number of Topliss-reactive ketones (excluding diaryl/α,β-unsaturated/α-hetero) is 2. The minimum atomic E-state index is -0.987. The molecule has 1 N–H and O–H groups in total. The van der Waals surface area contributed by atoms with Crippen LogP contribution in [0.15, 0.2) is 69.5 Å². The van der Waals surface area contributed by atoms with Crippen molar-refractivity contribution in [2.45, 2.75) is 51.0 Å². The standard InChI is InChI=1S/C28H25BrClNO5/c29-18-10-7-16(8-11-18)15-36-24-12-9-17(13-19(24)30)26-27-20(3-1-5-22(27)32)31(14-25(34)35)21-4-2-6-23(33)28(21)26/h7-13,26H,1-6,14-15H2,(H,34,35). The molecule has 0 amide bonds. The third kappa shape index (κ3) is 4.74. The molecule has 0 saturated carbocycles. The maximum Gasteiger partial charge on any atom is 0.323 e. The Morgan fingerprint density at radius 3 is 2.14 bits per heavy atom. The summed E-state index contributed by atoms with van der Waals surface area (Å²) in [6, 6.07) is 13.2. The first-order valence-corrected chi connectivity index (χ1v) is 13.2. The van der Waals surface area contributed by atoms with Gasteiger partial charge in [-0.15, -0.1) is 0 Å². The second-order valence-corrected chi connectivity index (χ2v) is 10.6. The fourth-order valence-electron chi connectivity index (χ4n) is 5.43. The molecule has 3 aliphatic rings. The van der Waals surface area contributed by atoms with E-state index in [2.05, 4.69) is 15.9 Å². The highest BCUT2D eigenvalue weighted by molar-refractivity contribution is 9.10. The number of carboxylic acids is 1. The van der Waals surface area contributed by atoms with Gasteiger partial charge in [0, 0.05) is 45.8 Å². The van der Waals surface area contributed by atoms with Gasteiger partial charge >= 0.3 is 5.97 Å². The Morgan fingerprint density at radius 2 is 1.58 bits per heavy atom. The zero-order valence-electron chi connectivity index (χ0n) is 19.6. The average molecular weight is 571 g/mol. The SMILES string of the molecule is O=C(O)CN1C2=C(C(=O)CCC2)C(c2ccc(OCc3ccc(Br)cc3)c(Cl)c2)C2=C1CCCC2=O. The van der Waals surface area contributed by atoms with Crippen molar-refractivity contribution in [3.8, 4) is 5.75 Å². The maximum absolute atomic E-state index is 13.2. The van der Waals surface area contributed by atoms with Crippen LogP contribution in [-0.2, 0) is 21.0 Å². The smallest absolute Gasteiger partial charge is 0.323 e. The molecular formula is C28H25BrClNO5. The number of ether oxygens (including phenoxy) is 1. The van der Waals surface area contributed by atoms with E-state index in [-0.39, 0.29) is 18.1 Å². The highest BCUT2D eigenvalue weighted by Crippen LogP contribution is 2.49. The number of carbonyl (C=O) groups excluding carboxylic acids is 2. The fraction of sp³-hybridized carbons (Fsp3) is 0.321. The van der Waals surface area contributed by atoms with Crippen LogP contribution in [0.4, 0.5) is 0 Å². The van der Waals surface area contributed by atoms with Crippen LogP contribution in [0.1, 0.15) is 55.6 Å². The first-order chi connectivity index (χ1) is 17.3. The Kier molecular flexibility index (Phi) is 7.04. The molecule has 36 heavy (non-hydrogen) atoms. The lowest BCUT2D eigenvalue weighted by Gasteiger charge is -2.43. The molecule has 0 spiro atoms. The largest absolute Gasteiger partial charge is 0.487 e. The molecule has 0 bridgehead atoms. The van der Waals surface area contributed by atoms with Gasteiger partial charge in [-0.05, 0) is 61.1 Å². The summed E-state index contributed by atoms with van der Waals surface area (Å²) < 4.78 is 6.93. The van der Waals surface area contributed by atoms with E-state index in [1.807, 2.05) is 30.3 Å².